The van der Waals surface area contributed by atoms with Gasteiger partial charge in [-0.3, -0.25) is 0 Å². The predicted octanol–water partition coefficient (Wildman–Crippen LogP) is 3.10. The molecule has 7 heteroatoms. The number of piperazine rings is 1. The third-order valence-electron chi connectivity index (χ3n) is 5.59. The van der Waals surface area contributed by atoms with Crippen molar-refractivity contribution in [3.05, 3.63) is 65.7 Å². The number of amides is 2. The Kier molecular flexibility index (Phi) is 5.55. The average Bonchev–Trinajstić information content (AvgIpc) is 2.74. The monoisotopic (exact) mass is 395 g/mol. The van der Waals surface area contributed by atoms with Crippen LogP contribution in [-0.2, 0) is 17.8 Å². The molecule has 0 aromatic heterocycles. The molecule has 2 aliphatic heterocycles. The largest absolute Gasteiger partial charge is 0.465 e. The van der Waals surface area contributed by atoms with E-state index in [9.17, 15) is 9.59 Å². The van der Waals surface area contributed by atoms with E-state index in [-0.39, 0.29) is 18.7 Å². The highest BCUT2D eigenvalue weighted by Gasteiger charge is 2.45. The molecule has 2 aliphatic rings. The fourth-order valence-electron chi connectivity index (χ4n) is 4.11. The third-order valence-corrected chi connectivity index (χ3v) is 5.59. The Bertz CT molecular complexity index is 844. The molecule has 2 fully saturated rings. The molecule has 2 saturated heterocycles. The number of ether oxygens (including phenoxy) is 1. The number of likely N-dealkylation sites (tertiary alicyclic amines) is 1. The van der Waals surface area contributed by atoms with E-state index < -0.39 is 12.2 Å². The number of carboxylic acid groups (broad SMARTS) is 1. The Morgan fingerprint density at radius 3 is 2.34 bits per heavy atom. The van der Waals surface area contributed by atoms with Gasteiger partial charge in [-0.15, -0.1) is 0 Å². The molecule has 29 heavy (non-hydrogen) atoms. The fourth-order valence-corrected chi connectivity index (χ4v) is 4.11. The van der Waals surface area contributed by atoms with Gasteiger partial charge in [0.25, 0.3) is 0 Å². The van der Waals surface area contributed by atoms with Crippen LogP contribution in [0.2, 0.25) is 0 Å². The van der Waals surface area contributed by atoms with Crippen molar-refractivity contribution in [1.29, 1.82) is 0 Å². The van der Waals surface area contributed by atoms with Crippen LogP contribution in [0.25, 0.3) is 0 Å². The van der Waals surface area contributed by atoms with Crippen molar-refractivity contribution < 1.29 is 19.4 Å². The Morgan fingerprint density at radius 1 is 1.00 bits per heavy atom. The maximum Gasteiger partial charge on any atom is 0.407 e. The number of hydrogen-bond donors (Lipinski definition) is 2. The molecule has 2 N–H and O–H groups in total. The van der Waals surface area contributed by atoms with E-state index in [2.05, 4.69) is 34.5 Å². The lowest BCUT2D eigenvalue weighted by molar-refractivity contribution is 0.0933. The standard InChI is InChI=1S/C22H25N3O4/c26-21(29-15-17-4-2-1-3-5-17)23-11-10-16-6-8-18(9-7-16)25-19-12-20(25)14-24(13-19)22(27)28/h1-9,19-20H,10-15H2,(H,23,26)(H,27,28). The van der Waals surface area contributed by atoms with E-state index in [1.807, 2.05) is 30.3 Å². The van der Waals surface area contributed by atoms with Crippen LogP contribution in [0.3, 0.4) is 0 Å². The van der Waals surface area contributed by atoms with Gasteiger partial charge in [-0.25, -0.2) is 9.59 Å². The van der Waals surface area contributed by atoms with Crippen molar-refractivity contribution in [3.63, 3.8) is 0 Å². The van der Waals surface area contributed by atoms with Crippen molar-refractivity contribution in [3.8, 4) is 0 Å². The Labute approximate surface area is 169 Å². The number of anilines is 1. The van der Waals surface area contributed by atoms with Crippen molar-refractivity contribution in [1.82, 2.24) is 10.2 Å². The van der Waals surface area contributed by atoms with E-state index in [1.165, 1.54) is 4.90 Å². The molecule has 0 spiro atoms. The number of alkyl carbamates (subject to hydrolysis) is 1. The van der Waals surface area contributed by atoms with Gasteiger partial charge in [0, 0.05) is 37.4 Å². The lowest BCUT2D eigenvalue weighted by atomic mass is 9.86. The molecule has 4 rings (SSSR count). The Balaban J connectivity index is 1.20. The summed E-state index contributed by atoms with van der Waals surface area (Å²) in [7, 11) is 0. The van der Waals surface area contributed by atoms with Crippen molar-refractivity contribution in [2.45, 2.75) is 31.5 Å². The van der Waals surface area contributed by atoms with Gasteiger partial charge in [0.2, 0.25) is 0 Å². The number of benzene rings is 2. The van der Waals surface area contributed by atoms with Crippen LogP contribution in [-0.4, -0.2) is 53.9 Å². The van der Waals surface area contributed by atoms with Crippen LogP contribution in [0.5, 0.6) is 0 Å². The molecule has 0 aliphatic carbocycles. The van der Waals surface area contributed by atoms with Crippen LogP contribution in [0.15, 0.2) is 54.6 Å². The highest BCUT2D eigenvalue weighted by molar-refractivity contribution is 5.67. The molecule has 0 radical (unpaired) electrons. The summed E-state index contributed by atoms with van der Waals surface area (Å²) in [5, 5.41) is 11.9. The first-order chi connectivity index (χ1) is 14.1. The Hall–Kier alpha value is -3.22. The summed E-state index contributed by atoms with van der Waals surface area (Å²) in [4.78, 5) is 26.8. The minimum Gasteiger partial charge on any atom is -0.465 e. The molecule has 7 nitrogen and oxygen atoms in total. The molecular formula is C22H25N3O4. The van der Waals surface area contributed by atoms with Gasteiger partial charge < -0.3 is 25.0 Å². The van der Waals surface area contributed by atoms with Crippen LogP contribution < -0.4 is 10.2 Å². The van der Waals surface area contributed by atoms with E-state index in [0.29, 0.717) is 19.6 Å². The third kappa shape index (κ3) is 4.45. The van der Waals surface area contributed by atoms with E-state index in [4.69, 9.17) is 9.84 Å². The zero-order valence-electron chi connectivity index (χ0n) is 16.2. The summed E-state index contributed by atoms with van der Waals surface area (Å²) in [5.74, 6) is 0. The number of carbonyl (C=O) groups is 2. The fraction of sp³-hybridized carbons (Fsp3) is 0.364. The van der Waals surface area contributed by atoms with Crippen LogP contribution in [0, 0.1) is 0 Å². The second kappa shape index (κ2) is 8.43. The van der Waals surface area contributed by atoms with E-state index >= 15 is 0 Å². The summed E-state index contributed by atoms with van der Waals surface area (Å²) in [6.07, 6.45) is 0.535. The molecule has 2 aromatic rings. The summed E-state index contributed by atoms with van der Waals surface area (Å²) in [6, 6.07) is 18.4. The number of rotatable bonds is 6. The maximum absolute atomic E-state index is 11.8. The topological polar surface area (TPSA) is 82.1 Å². The van der Waals surface area contributed by atoms with Crippen molar-refractivity contribution in [2.24, 2.45) is 0 Å². The second-order valence-electron chi connectivity index (χ2n) is 7.54. The van der Waals surface area contributed by atoms with Gasteiger partial charge in [0.15, 0.2) is 0 Å². The van der Waals surface area contributed by atoms with Gasteiger partial charge in [-0.05, 0) is 36.1 Å². The SMILES string of the molecule is O=C(NCCc1ccc(N2C3CC2CN(C(=O)O)C3)cc1)OCc1ccccc1. The van der Waals surface area contributed by atoms with Gasteiger partial charge in [-0.2, -0.15) is 0 Å². The molecule has 152 valence electrons. The van der Waals surface area contributed by atoms with Gasteiger partial charge in [0.05, 0.1) is 0 Å². The minimum atomic E-state index is -0.829. The number of carbonyl (C=O) groups excluding carboxylic acids is 1. The molecule has 2 atom stereocenters. The molecule has 2 bridgehead atoms. The van der Waals surface area contributed by atoms with Crippen molar-refractivity contribution >= 4 is 17.9 Å². The van der Waals surface area contributed by atoms with Gasteiger partial charge in [-0.1, -0.05) is 42.5 Å². The number of nitrogens with zero attached hydrogens (tertiary/aromatic N) is 2. The minimum absolute atomic E-state index is 0.263. The lowest BCUT2D eigenvalue weighted by Gasteiger charge is -2.57. The Morgan fingerprint density at radius 2 is 1.69 bits per heavy atom. The van der Waals surface area contributed by atoms with Crippen LogP contribution >= 0.6 is 0 Å². The summed E-state index contributed by atoms with van der Waals surface area (Å²) in [5.41, 5.74) is 3.23. The smallest absolute Gasteiger partial charge is 0.407 e. The highest BCUT2D eigenvalue weighted by Crippen LogP contribution is 2.37. The summed E-state index contributed by atoms with van der Waals surface area (Å²) in [6.45, 7) is 1.92. The normalized spacial score (nSPS) is 20.0. The molecule has 2 aromatic carbocycles. The quantitative estimate of drug-likeness (QED) is 0.786. The highest BCUT2D eigenvalue weighted by atomic mass is 16.5. The number of fused-ring (bicyclic) bond motifs is 2. The zero-order chi connectivity index (χ0) is 20.2. The van der Waals surface area contributed by atoms with Crippen molar-refractivity contribution in [2.75, 3.05) is 24.5 Å². The number of nitrogens with one attached hydrogen (secondary N) is 1. The average molecular weight is 395 g/mol. The van der Waals surface area contributed by atoms with Crippen LogP contribution in [0.1, 0.15) is 17.5 Å². The summed E-state index contributed by atoms with van der Waals surface area (Å²) < 4.78 is 5.20. The first-order valence-corrected chi connectivity index (χ1v) is 9.90. The zero-order valence-corrected chi connectivity index (χ0v) is 16.2. The molecule has 2 heterocycles. The van der Waals surface area contributed by atoms with Gasteiger partial charge >= 0.3 is 12.2 Å². The van der Waals surface area contributed by atoms with E-state index in [0.717, 1.165) is 29.7 Å². The number of hydrogen-bond acceptors (Lipinski definition) is 4. The molecular weight excluding hydrogens is 370 g/mol. The maximum atomic E-state index is 11.8. The molecule has 0 saturated carbocycles. The molecule has 2 unspecified atom stereocenters. The first-order valence-electron chi connectivity index (χ1n) is 9.90. The first kappa shape index (κ1) is 19.1. The van der Waals surface area contributed by atoms with Gasteiger partial charge in [0.1, 0.15) is 6.61 Å². The summed E-state index contributed by atoms with van der Waals surface area (Å²) >= 11 is 0. The van der Waals surface area contributed by atoms with Crippen LogP contribution in [0.4, 0.5) is 15.3 Å². The predicted molar refractivity (Wildman–Crippen MR) is 109 cm³/mol. The molecule has 2 amide bonds. The second-order valence-corrected chi connectivity index (χ2v) is 7.54. The van der Waals surface area contributed by atoms with E-state index in [1.54, 1.807) is 0 Å². The lowest BCUT2D eigenvalue weighted by Crippen LogP contribution is -2.69. The number of piperidine rings is 1.